The van der Waals surface area contributed by atoms with Gasteiger partial charge in [0.05, 0.1) is 26.0 Å². The van der Waals surface area contributed by atoms with Gasteiger partial charge in [-0.05, 0) is 19.1 Å². The number of hydrogen-bond acceptors (Lipinski definition) is 7. The fourth-order valence-corrected chi connectivity index (χ4v) is 3.58. The Morgan fingerprint density at radius 2 is 2.00 bits per heavy atom. The van der Waals surface area contributed by atoms with E-state index in [2.05, 4.69) is 9.88 Å². The van der Waals surface area contributed by atoms with Crippen LogP contribution in [0.25, 0.3) is 0 Å². The second-order valence-corrected chi connectivity index (χ2v) is 7.20. The molecule has 0 aliphatic carbocycles. The third kappa shape index (κ3) is 4.42. The monoisotopic (exact) mass is 398 g/mol. The third-order valence-corrected chi connectivity index (χ3v) is 5.26. The van der Waals surface area contributed by atoms with E-state index in [0.717, 1.165) is 23.6 Å². The first-order valence-electron chi connectivity index (χ1n) is 9.91. The van der Waals surface area contributed by atoms with Crippen molar-refractivity contribution in [1.82, 2.24) is 14.9 Å². The van der Waals surface area contributed by atoms with Gasteiger partial charge in [0.15, 0.2) is 6.10 Å². The summed E-state index contributed by atoms with van der Waals surface area (Å²) in [4.78, 5) is 26.0. The van der Waals surface area contributed by atoms with Crippen LogP contribution in [-0.4, -0.2) is 66.8 Å². The van der Waals surface area contributed by atoms with Crippen LogP contribution in [0.1, 0.15) is 18.2 Å². The van der Waals surface area contributed by atoms with Crippen molar-refractivity contribution in [2.45, 2.75) is 26.1 Å². The van der Waals surface area contributed by atoms with E-state index in [4.69, 9.17) is 19.2 Å². The average molecular weight is 398 g/mol. The molecule has 2 aliphatic heterocycles. The van der Waals surface area contributed by atoms with Crippen LogP contribution in [0.2, 0.25) is 0 Å². The third-order valence-electron chi connectivity index (χ3n) is 5.26. The highest BCUT2D eigenvalue weighted by molar-refractivity contribution is 5.81. The Morgan fingerprint density at radius 3 is 2.79 bits per heavy atom. The quantitative estimate of drug-likeness (QED) is 0.758. The first kappa shape index (κ1) is 19.4. The zero-order valence-electron chi connectivity index (χ0n) is 16.8. The van der Waals surface area contributed by atoms with Gasteiger partial charge in [-0.1, -0.05) is 6.07 Å². The number of carbonyl (C=O) groups is 1. The molecular weight excluding hydrogens is 372 g/mol. The number of ether oxygens (including phenoxy) is 3. The van der Waals surface area contributed by atoms with Gasteiger partial charge in [0.25, 0.3) is 5.91 Å². The minimum Gasteiger partial charge on any atom is -0.497 e. The van der Waals surface area contributed by atoms with E-state index in [1.165, 1.54) is 0 Å². The lowest BCUT2D eigenvalue weighted by atomic mass is 10.1. The molecule has 1 amide bonds. The summed E-state index contributed by atoms with van der Waals surface area (Å²) in [5.74, 6) is 2.04. The van der Waals surface area contributed by atoms with Gasteiger partial charge in [0.2, 0.25) is 5.95 Å². The van der Waals surface area contributed by atoms with Crippen LogP contribution < -0.4 is 14.4 Å². The Hall–Kier alpha value is -2.87. The fourth-order valence-electron chi connectivity index (χ4n) is 3.58. The number of amides is 1. The molecule has 8 heteroatoms. The Bertz CT molecular complexity index is 868. The predicted octanol–water partition coefficient (Wildman–Crippen LogP) is 1.67. The van der Waals surface area contributed by atoms with Gasteiger partial charge in [-0.25, -0.2) is 9.97 Å². The van der Waals surface area contributed by atoms with Crippen molar-refractivity contribution < 1.29 is 19.0 Å². The minimum absolute atomic E-state index is 0.0176. The van der Waals surface area contributed by atoms with Crippen molar-refractivity contribution in [2.24, 2.45) is 0 Å². The highest BCUT2D eigenvalue weighted by atomic mass is 16.5. The summed E-state index contributed by atoms with van der Waals surface area (Å²) in [6, 6.07) is 7.28. The summed E-state index contributed by atoms with van der Waals surface area (Å²) >= 11 is 0. The predicted molar refractivity (Wildman–Crippen MR) is 107 cm³/mol. The van der Waals surface area contributed by atoms with Crippen molar-refractivity contribution in [2.75, 3.05) is 44.8 Å². The minimum atomic E-state index is -0.561. The van der Waals surface area contributed by atoms with E-state index >= 15 is 0 Å². The van der Waals surface area contributed by atoms with Gasteiger partial charge in [0.1, 0.15) is 11.5 Å². The zero-order valence-corrected chi connectivity index (χ0v) is 16.8. The number of rotatable bonds is 5. The van der Waals surface area contributed by atoms with Crippen LogP contribution in [-0.2, 0) is 22.6 Å². The molecule has 1 atom stereocenters. The number of hydrogen-bond donors (Lipinski definition) is 0. The molecule has 4 rings (SSSR count). The summed E-state index contributed by atoms with van der Waals surface area (Å²) in [5, 5.41) is 0. The molecule has 0 bridgehead atoms. The van der Waals surface area contributed by atoms with Gasteiger partial charge in [0, 0.05) is 50.4 Å². The van der Waals surface area contributed by atoms with Gasteiger partial charge < -0.3 is 24.0 Å². The van der Waals surface area contributed by atoms with Gasteiger partial charge in [-0.3, -0.25) is 4.79 Å². The topological polar surface area (TPSA) is 77.0 Å². The summed E-state index contributed by atoms with van der Waals surface area (Å²) in [7, 11) is 1.60. The number of nitrogens with zero attached hydrogens (tertiary/aromatic N) is 4. The molecule has 8 nitrogen and oxygen atoms in total. The molecule has 1 aromatic heterocycles. The summed E-state index contributed by atoms with van der Waals surface area (Å²) in [6.07, 6.45) is 2.12. The molecule has 2 aromatic rings. The van der Waals surface area contributed by atoms with Crippen LogP contribution in [0.3, 0.4) is 0 Å². The van der Waals surface area contributed by atoms with E-state index in [-0.39, 0.29) is 5.91 Å². The number of benzene rings is 1. The first-order chi connectivity index (χ1) is 14.1. The lowest BCUT2D eigenvalue weighted by Gasteiger charge is -2.36. The summed E-state index contributed by atoms with van der Waals surface area (Å²) in [5.41, 5.74) is 2.14. The summed E-state index contributed by atoms with van der Waals surface area (Å²) < 4.78 is 16.5. The number of piperazine rings is 1. The average Bonchev–Trinajstić information content (AvgIpc) is 2.78. The Labute approximate surface area is 170 Å². The lowest BCUT2D eigenvalue weighted by molar-refractivity contribution is -0.138. The molecule has 0 radical (unpaired) electrons. The Kier molecular flexibility index (Phi) is 5.80. The molecule has 0 N–H and O–H groups in total. The van der Waals surface area contributed by atoms with Gasteiger partial charge in [-0.15, -0.1) is 0 Å². The van der Waals surface area contributed by atoms with E-state index in [9.17, 15) is 4.79 Å². The normalized spacial score (nSPS) is 17.4. The maximum absolute atomic E-state index is 12.8. The van der Waals surface area contributed by atoms with Crippen LogP contribution in [0.15, 0.2) is 30.5 Å². The molecule has 0 saturated carbocycles. The zero-order chi connectivity index (χ0) is 20.2. The number of methoxy groups -OCH3 is 1. The smallest absolute Gasteiger partial charge is 0.263 e. The van der Waals surface area contributed by atoms with Gasteiger partial charge in [-0.2, -0.15) is 0 Å². The molecule has 2 aliphatic rings. The summed E-state index contributed by atoms with van der Waals surface area (Å²) in [6.45, 7) is 5.71. The second-order valence-electron chi connectivity index (χ2n) is 7.20. The molecule has 1 fully saturated rings. The number of anilines is 1. The number of aromatic nitrogens is 2. The van der Waals surface area contributed by atoms with Crippen LogP contribution in [0.5, 0.6) is 11.5 Å². The molecule has 1 aromatic carbocycles. The number of fused-ring (bicyclic) bond motifs is 1. The standard InChI is InChI=1S/C21H26N4O4/c1-15(29-18-5-3-4-17(12-18)27-2)20(26)24-7-9-25(10-8-24)21-22-13-16-14-28-11-6-19(16)23-21/h3-5,12-13,15H,6-11,14H2,1-2H3. The SMILES string of the molecule is COc1cccc(OC(C)C(=O)N2CCN(c3ncc4c(n3)CCOC4)CC2)c1. The Morgan fingerprint density at radius 1 is 1.21 bits per heavy atom. The van der Waals surface area contributed by atoms with Crippen LogP contribution in [0.4, 0.5) is 5.95 Å². The molecule has 154 valence electrons. The van der Waals surface area contributed by atoms with Crippen molar-refractivity contribution in [1.29, 1.82) is 0 Å². The van der Waals surface area contributed by atoms with Crippen LogP contribution >= 0.6 is 0 Å². The van der Waals surface area contributed by atoms with E-state index < -0.39 is 6.10 Å². The van der Waals surface area contributed by atoms with Crippen molar-refractivity contribution in [3.63, 3.8) is 0 Å². The molecule has 1 saturated heterocycles. The molecule has 29 heavy (non-hydrogen) atoms. The lowest BCUT2D eigenvalue weighted by Crippen LogP contribution is -2.52. The van der Waals surface area contributed by atoms with Crippen molar-refractivity contribution >= 4 is 11.9 Å². The number of carbonyl (C=O) groups excluding carboxylic acids is 1. The second kappa shape index (κ2) is 8.65. The Balaban J connectivity index is 1.33. The molecule has 0 spiro atoms. The fraction of sp³-hybridized carbons (Fsp3) is 0.476. The highest BCUT2D eigenvalue weighted by Crippen LogP contribution is 2.21. The van der Waals surface area contributed by atoms with Crippen molar-refractivity contribution in [3.8, 4) is 11.5 Å². The largest absolute Gasteiger partial charge is 0.497 e. The highest BCUT2D eigenvalue weighted by Gasteiger charge is 2.27. The molecular formula is C21H26N4O4. The van der Waals surface area contributed by atoms with Gasteiger partial charge >= 0.3 is 0 Å². The maximum atomic E-state index is 12.8. The van der Waals surface area contributed by atoms with E-state index in [0.29, 0.717) is 50.9 Å². The maximum Gasteiger partial charge on any atom is 0.263 e. The molecule has 1 unspecified atom stereocenters. The molecule has 3 heterocycles. The van der Waals surface area contributed by atoms with Crippen LogP contribution in [0, 0.1) is 0 Å². The first-order valence-corrected chi connectivity index (χ1v) is 9.91. The van der Waals surface area contributed by atoms with E-state index in [1.54, 1.807) is 20.1 Å². The van der Waals surface area contributed by atoms with Crippen molar-refractivity contribution in [3.05, 3.63) is 41.7 Å². The van der Waals surface area contributed by atoms with E-state index in [1.807, 2.05) is 29.3 Å².